The quantitative estimate of drug-likeness (QED) is 0.696. The summed E-state index contributed by atoms with van der Waals surface area (Å²) in [7, 11) is 0. The molecule has 0 aliphatic heterocycles. The summed E-state index contributed by atoms with van der Waals surface area (Å²) in [6.07, 6.45) is 0. The van der Waals surface area contributed by atoms with E-state index in [4.69, 9.17) is 10.8 Å². The van der Waals surface area contributed by atoms with Gasteiger partial charge in [-0.15, -0.1) is 0 Å². The Bertz CT molecular complexity index is 297. The van der Waals surface area contributed by atoms with Crippen molar-refractivity contribution in [2.75, 3.05) is 6.61 Å². The highest BCUT2D eigenvalue weighted by Gasteiger charge is 2.20. The summed E-state index contributed by atoms with van der Waals surface area (Å²) >= 11 is 0. The van der Waals surface area contributed by atoms with E-state index in [9.17, 15) is 4.79 Å². The van der Waals surface area contributed by atoms with Crippen LogP contribution in [0.15, 0.2) is 30.3 Å². The lowest BCUT2D eigenvalue weighted by Gasteiger charge is -2.15. The van der Waals surface area contributed by atoms with Gasteiger partial charge in [-0.05, 0) is 0 Å². The largest absolute Gasteiger partial charge is 0.396 e. The standard InChI is InChI=1S/C11H15NO2/c1-8(7-13)10(12)11(14)9-5-3-2-4-6-9/h2-6,8,10,13H,7,12H2,1H3. The maximum Gasteiger partial charge on any atom is 0.179 e. The van der Waals surface area contributed by atoms with Crippen LogP contribution >= 0.6 is 0 Å². The van der Waals surface area contributed by atoms with Crippen molar-refractivity contribution >= 4 is 5.78 Å². The summed E-state index contributed by atoms with van der Waals surface area (Å²) in [5.74, 6) is -0.324. The van der Waals surface area contributed by atoms with Crippen LogP contribution in [-0.4, -0.2) is 23.5 Å². The second-order valence-corrected chi connectivity index (χ2v) is 3.42. The zero-order valence-electron chi connectivity index (χ0n) is 8.18. The van der Waals surface area contributed by atoms with E-state index in [-0.39, 0.29) is 18.3 Å². The van der Waals surface area contributed by atoms with Crippen molar-refractivity contribution in [3.05, 3.63) is 35.9 Å². The minimum Gasteiger partial charge on any atom is -0.396 e. The van der Waals surface area contributed by atoms with E-state index in [1.54, 1.807) is 31.2 Å². The van der Waals surface area contributed by atoms with Crippen LogP contribution in [0.3, 0.4) is 0 Å². The molecule has 0 aliphatic rings. The van der Waals surface area contributed by atoms with E-state index in [2.05, 4.69) is 0 Å². The third-order valence-electron chi connectivity index (χ3n) is 2.26. The molecule has 0 aliphatic carbocycles. The molecule has 0 saturated heterocycles. The number of benzene rings is 1. The van der Waals surface area contributed by atoms with E-state index in [1.807, 2.05) is 6.07 Å². The highest BCUT2D eigenvalue weighted by molar-refractivity contribution is 6.00. The molecule has 0 saturated carbocycles. The van der Waals surface area contributed by atoms with Gasteiger partial charge in [0.2, 0.25) is 0 Å². The predicted molar refractivity (Wildman–Crippen MR) is 55.0 cm³/mol. The molecule has 2 atom stereocenters. The molecule has 0 bridgehead atoms. The fourth-order valence-corrected chi connectivity index (χ4v) is 1.17. The summed E-state index contributed by atoms with van der Waals surface area (Å²) in [5, 5.41) is 8.87. The maximum absolute atomic E-state index is 11.7. The van der Waals surface area contributed by atoms with Crippen LogP contribution in [0.4, 0.5) is 0 Å². The van der Waals surface area contributed by atoms with Gasteiger partial charge in [-0.2, -0.15) is 0 Å². The second-order valence-electron chi connectivity index (χ2n) is 3.42. The molecule has 3 nitrogen and oxygen atoms in total. The smallest absolute Gasteiger partial charge is 0.179 e. The van der Waals surface area contributed by atoms with Crippen molar-refractivity contribution in [1.29, 1.82) is 0 Å². The van der Waals surface area contributed by atoms with Crippen LogP contribution in [0.25, 0.3) is 0 Å². The first kappa shape index (κ1) is 10.9. The molecule has 3 N–H and O–H groups in total. The molecule has 0 spiro atoms. The Morgan fingerprint density at radius 2 is 2.00 bits per heavy atom. The van der Waals surface area contributed by atoms with Crippen LogP contribution in [0.5, 0.6) is 0 Å². The van der Waals surface area contributed by atoms with Crippen molar-refractivity contribution in [2.45, 2.75) is 13.0 Å². The van der Waals surface area contributed by atoms with Crippen molar-refractivity contribution in [2.24, 2.45) is 11.7 Å². The van der Waals surface area contributed by atoms with E-state index in [1.165, 1.54) is 0 Å². The summed E-state index contributed by atoms with van der Waals surface area (Å²) in [6, 6.07) is 8.27. The number of aliphatic hydroxyl groups is 1. The number of rotatable bonds is 4. The first-order valence-corrected chi connectivity index (χ1v) is 4.62. The number of nitrogens with two attached hydrogens (primary N) is 1. The summed E-state index contributed by atoms with van der Waals surface area (Å²) < 4.78 is 0. The van der Waals surface area contributed by atoms with Crippen molar-refractivity contribution in [3.63, 3.8) is 0 Å². The summed E-state index contributed by atoms with van der Waals surface area (Å²) in [6.45, 7) is 1.69. The van der Waals surface area contributed by atoms with Gasteiger partial charge < -0.3 is 10.8 Å². The lowest BCUT2D eigenvalue weighted by Crippen LogP contribution is -2.38. The summed E-state index contributed by atoms with van der Waals surface area (Å²) in [5.41, 5.74) is 6.29. The summed E-state index contributed by atoms with van der Waals surface area (Å²) in [4.78, 5) is 11.7. The van der Waals surface area contributed by atoms with Crippen molar-refractivity contribution in [3.8, 4) is 0 Å². The first-order chi connectivity index (χ1) is 6.66. The Morgan fingerprint density at radius 1 is 1.43 bits per heavy atom. The minimum atomic E-state index is -0.623. The number of aliphatic hydroxyl groups excluding tert-OH is 1. The highest BCUT2D eigenvalue weighted by Crippen LogP contribution is 2.08. The molecule has 0 radical (unpaired) electrons. The van der Waals surface area contributed by atoms with Gasteiger partial charge in [-0.1, -0.05) is 37.3 Å². The van der Waals surface area contributed by atoms with Gasteiger partial charge in [0.25, 0.3) is 0 Å². The molecule has 1 aromatic carbocycles. The third kappa shape index (κ3) is 2.40. The molecular formula is C11H15NO2. The number of hydrogen-bond acceptors (Lipinski definition) is 3. The van der Waals surface area contributed by atoms with E-state index in [0.29, 0.717) is 5.56 Å². The maximum atomic E-state index is 11.7. The SMILES string of the molecule is CC(CO)C(N)C(=O)c1ccccc1. The van der Waals surface area contributed by atoms with Crippen molar-refractivity contribution < 1.29 is 9.90 Å². The van der Waals surface area contributed by atoms with E-state index in [0.717, 1.165) is 0 Å². The van der Waals surface area contributed by atoms with Gasteiger partial charge in [-0.25, -0.2) is 0 Å². The molecule has 0 aromatic heterocycles. The van der Waals surface area contributed by atoms with E-state index < -0.39 is 6.04 Å². The Labute approximate surface area is 83.6 Å². The highest BCUT2D eigenvalue weighted by atomic mass is 16.3. The second kappa shape index (κ2) is 4.88. The zero-order chi connectivity index (χ0) is 10.6. The van der Waals surface area contributed by atoms with Gasteiger partial charge in [0, 0.05) is 18.1 Å². The fourth-order valence-electron chi connectivity index (χ4n) is 1.17. The third-order valence-corrected chi connectivity index (χ3v) is 2.26. The molecular weight excluding hydrogens is 178 g/mol. The zero-order valence-corrected chi connectivity index (χ0v) is 8.18. The molecule has 76 valence electrons. The van der Waals surface area contributed by atoms with Crippen molar-refractivity contribution in [1.82, 2.24) is 0 Å². The molecule has 0 heterocycles. The first-order valence-electron chi connectivity index (χ1n) is 4.62. The Hall–Kier alpha value is -1.19. The van der Waals surface area contributed by atoms with Gasteiger partial charge in [0.15, 0.2) is 5.78 Å². The van der Waals surface area contributed by atoms with Crippen LogP contribution in [0, 0.1) is 5.92 Å². The number of hydrogen-bond donors (Lipinski definition) is 2. The monoisotopic (exact) mass is 193 g/mol. The molecule has 2 unspecified atom stereocenters. The predicted octanol–water partition coefficient (Wildman–Crippen LogP) is 0.825. The van der Waals surface area contributed by atoms with Gasteiger partial charge in [0.1, 0.15) is 0 Å². The Kier molecular flexibility index (Phi) is 3.80. The number of Topliss-reactive ketones (excluding diaryl/α,β-unsaturated/α-hetero) is 1. The fraction of sp³-hybridized carbons (Fsp3) is 0.364. The van der Waals surface area contributed by atoms with Gasteiger partial charge in [0.05, 0.1) is 6.04 Å². The average Bonchev–Trinajstić information content (AvgIpc) is 2.27. The van der Waals surface area contributed by atoms with E-state index >= 15 is 0 Å². The molecule has 1 rings (SSSR count). The topological polar surface area (TPSA) is 63.3 Å². The molecule has 14 heavy (non-hydrogen) atoms. The number of carbonyl (C=O) groups excluding carboxylic acids is 1. The van der Waals surface area contributed by atoms with Gasteiger partial charge in [-0.3, -0.25) is 4.79 Å². The Morgan fingerprint density at radius 3 is 2.50 bits per heavy atom. The van der Waals surface area contributed by atoms with Gasteiger partial charge >= 0.3 is 0 Å². The van der Waals surface area contributed by atoms with Crippen LogP contribution in [-0.2, 0) is 0 Å². The van der Waals surface area contributed by atoms with Crippen LogP contribution in [0.1, 0.15) is 17.3 Å². The molecule has 1 aromatic rings. The average molecular weight is 193 g/mol. The van der Waals surface area contributed by atoms with Crippen LogP contribution < -0.4 is 5.73 Å². The number of ketones is 1. The normalized spacial score (nSPS) is 14.8. The lowest BCUT2D eigenvalue weighted by molar-refractivity contribution is 0.0907. The minimum absolute atomic E-state index is 0.0697. The number of carbonyl (C=O) groups is 1. The molecule has 0 amide bonds. The van der Waals surface area contributed by atoms with Crippen LogP contribution in [0.2, 0.25) is 0 Å². The lowest BCUT2D eigenvalue weighted by atomic mass is 9.95. The molecule has 0 fully saturated rings. The Balaban J connectivity index is 2.76. The molecule has 3 heteroatoms.